The van der Waals surface area contributed by atoms with E-state index in [4.69, 9.17) is 4.74 Å². The molecule has 0 spiro atoms. The first-order valence-corrected chi connectivity index (χ1v) is 7.37. The molecule has 1 fully saturated rings. The Kier molecular flexibility index (Phi) is 4.19. The first kappa shape index (κ1) is 15.0. The Labute approximate surface area is 121 Å². The molecule has 0 radical (unpaired) electrons. The fourth-order valence-corrected chi connectivity index (χ4v) is 2.50. The summed E-state index contributed by atoms with van der Waals surface area (Å²) in [5.41, 5.74) is 3.26. The second kappa shape index (κ2) is 5.57. The van der Waals surface area contributed by atoms with Crippen molar-refractivity contribution in [1.29, 1.82) is 0 Å². The molecule has 1 saturated heterocycles. The Morgan fingerprint density at radius 3 is 2.50 bits per heavy atom. The van der Waals surface area contributed by atoms with Crippen LogP contribution in [0.4, 0.5) is 0 Å². The number of nitrogens with zero attached hydrogens (tertiary/aromatic N) is 1. The summed E-state index contributed by atoms with van der Waals surface area (Å²) in [6, 6.07) is 5.82. The van der Waals surface area contributed by atoms with Crippen LogP contribution in [0.25, 0.3) is 0 Å². The summed E-state index contributed by atoms with van der Waals surface area (Å²) in [7, 11) is 0. The van der Waals surface area contributed by atoms with Gasteiger partial charge >= 0.3 is 5.97 Å². The molecule has 1 aliphatic heterocycles. The van der Waals surface area contributed by atoms with E-state index in [-0.39, 0.29) is 17.6 Å². The van der Waals surface area contributed by atoms with Crippen molar-refractivity contribution in [3.63, 3.8) is 0 Å². The number of carbonyl (C=O) groups is 1. The summed E-state index contributed by atoms with van der Waals surface area (Å²) in [6.45, 7) is 12.4. The summed E-state index contributed by atoms with van der Waals surface area (Å²) in [5, 5.41) is 0. The standard InChI is InChI=1S/C17H25NO2/c1-6-13-7-8-14(9-12(13)2)16(19)20-15-10-18(11-15)17(3,4)5/h7-9,15H,6,10-11H2,1-5H3. The van der Waals surface area contributed by atoms with Crippen molar-refractivity contribution in [3.05, 3.63) is 34.9 Å². The minimum atomic E-state index is -0.200. The van der Waals surface area contributed by atoms with Gasteiger partial charge in [-0.3, -0.25) is 4.90 Å². The lowest BCUT2D eigenvalue weighted by Gasteiger charge is -2.46. The maximum atomic E-state index is 12.1. The molecule has 0 atom stereocenters. The van der Waals surface area contributed by atoms with Gasteiger partial charge in [0.05, 0.1) is 5.56 Å². The highest BCUT2D eigenvalue weighted by Crippen LogP contribution is 2.23. The van der Waals surface area contributed by atoms with Gasteiger partial charge in [0.25, 0.3) is 0 Å². The van der Waals surface area contributed by atoms with Crippen molar-refractivity contribution in [2.75, 3.05) is 13.1 Å². The summed E-state index contributed by atoms with van der Waals surface area (Å²) >= 11 is 0. The fraction of sp³-hybridized carbons (Fsp3) is 0.588. The number of ether oxygens (including phenoxy) is 1. The lowest BCUT2D eigenvalue weighted by molar-refractivity contribution is -0.0645. The maximum Gasteiger partial charge on any atom is 0.338 e. The van der Waals surface area contributed by atoms with Crippen LogP contribution in [0.1, 0.15) is 49.2 Å². The zero-order valence-corrected chi connectivity index (χ0v) is 13.2. The van der Waals surface area contributed by atoms with Crippen molar-refractivity contribution in [3.8, 4) is 0 Å². The first-order chi connectivity index (χ1) is 9.31. The molecule has 2 rings (SSSR count). The third kappa shape index (κ3) is 3.21. The van der Waals surface area contributed by atoms with Gasteiger partial charge in [-0.1, -0.05) is 13.0 Å². The highest BCUT2D eigenvalue weighted by atomic mass is 16.5. The molecule has 1 aromatic carbocycles. The molecule has 0 aliphatic carbocycles. The molecule has 0 unspecified atom stereocenters. The van der Waals surface area contributed by atoms with Gasteiger partial charge in [0, 0.05) is 18.6 Å². The highest BCUT2D eigenvalue weighted by molar-refractivity contribution is 5.89. The summed E-state index contributed by atoms with van der Waals surface area (Å²) in [5.74, 6) is -0.200. The minimum absolute atomic E-state index is 0.0351. The number of hydrogen-bond acceptors (Lipinski definition) is 3. The Morgan fingerprint density at radius 1 is 1.35 bits per heavy atom. The van der Waals surface area contributed by atoms with E-state index < -0.39 is 0 Å². The molecule has 0 amide bonds. The zero-order chi connectivity index (χ0) is 14.9. The van der Waals surface area contributed by atoms with E-state index in [0.29, 0.717) is 5.56 Å². The number of carbonyl (C=O) groups excluding carboxylic acids is 1. The van der Waals surface area contributed by atoms with Gasteiger partial charge in [0.1, 0.15) is 6.10 Å². The van der Waals surface area contributed by atoms with Crippen LogP contribution in [0.2, 0.25) is 0 Å². The van der Waals surface area contributed by atoms with Crippen LogP contribution in [0.15, 0.2) is 18.2 Å². The molecular weight excluding hydrogens is 250 g/mol. The average molecular weight is 275 g/mol. The van der Waals surface area contributed by atoms with Crippen molar-refractivity contribution in [1.82, 2.24) is 4.90 Å². The van der Waals surface area contributed by atoms with Crippen molar-refractivity contribution in [2.45, 2.75) is 52.7 Å². The molecule has 20 heavy (non-hydrogen) atoms. The van der Waals surface area contributed by atoms with E-state index in [1.54, 1.807) is 0 Å². The SMILES string of the molecule is CCc1ccc(C(=O)OC2CN(C(C)(C)C)C2)cc1C. The van der Waals surface area contributed by atoms with Gasteiger partial charge in [0.15, 0.2) is 0 Å². The Hall–Kier alpha value is -1.35. The lowest BCUT2D eigenvalue weighted by atomic mass is 9.99. The molecule has 110 valence electrons. The molecule has 3 nitrogen and oxygen atoms in total. The smallest absolute Gasteiger partial charge is 0.338 e. The topological polar surface area (TPSA) is 29.5 Å². The van der Waals surface area contributed by atoms with Crippen LogP contribution in [0, 0.1) is 6.92 Å². The molecule has 0 aromatic heterocycles. The van der Waals surface area contributed by atoms with Gasteiger partial charge in [-0.2, -0.15) is 0 Å². The van der Waals surface area contributed by atoms with Crippen LogP contribution in [-0.4, -0.2) is 35.6 Å². The number of esters is 1. The number of aryl methyl sites for hydroxylation is 2. The van der Waals surface area contributed by atoms with E-state index in [1.165, 1.54) is 5.56 Å². The van der Waals surface area contributed by atoms with Crippen molar-refractivity contribution in [2.24, 2.45) is 0 Å². The van der Waals surface area contributed by atoms with Gasteiger partial charge in [0.2, 0.25) is 0 Å². The molecule has 1 aromatic rings. The second-order valence-corrected chi connectivity index (χ2v) is 6.60. The molecule has 0 saturated carbocycles. The zero-order valence-electron chi connectivity index (χ0n) is 13.2. The normalized spacial score (nSPS) is 16.9. The molecular formula is C17H25NO2. The van der Waals surface area contributed by atoms with E-state index >= 15 is 0 Å². The van der Waals surface area contributed by atoms with E-state index in [1.807, 2.05) is 25.1 Å². The van der Waals surface area contributed by atoms with Crippen molar-refractivity contribution >= 4 is 5.97 Å². The van der Waals surface area contributed by atoms with Gasteiger partial charge in [-0.15, -0.1) is 0 Å². The van der Waals surface area contributed by atoms with Gasteiger partial charge in [-0.25, -0.2) is 4.79 Å². The number of benzene rings is 1. The van der Waals surface area contributed by atoms with Crippen LogP contribution in [0.3, 0.4) is 0 Å². The Bertz CT molecular complexity index is 496. The summed E-state index contributed by atoms with van der Waals surface area (Å²) in [6.07, 6.45) is 1.03. The Morgan fingerprint density at radius 2 is 2.00 bits per heavy atom. The molecule has 1 heterocycles. The van der Waals surface area contributed by atoms with Gasteiger partial charge in [-0.05, 0) is 57.4 Å². The quantitative estimate of drug-likeness (QED) is 0.793. The van der Waals surface area contributed by atoms with Crippen molar-refractivity contribution < 1.29 is 9.53 Å². The number of rotatable bonds is 3. The predicted molar refractivity (Wildman–Crippen MR) is 81.1 cm³/mol. The monoisotopic (exact) mass is 275 g/mol. The lowest BCUT2D eigenvalue weighted by Crippen LogP contribution is -2.60. The van der Waals surface area contributed by atoms with E-state index in [2.05, 4.69) is 32.6 Å². The summed E-state index contributed by atoms with van der Waals surface area (Å²) < 4.78 is 5.55. The fourth-order valence-electron chi connectivity index (χ4n) is 2.50. The predicted octanol–water partition coefficient (Wildman–Crippen LogP) is 3.20. The maximum absolute atomic E-state index is 12.1. The largest absolute Gasteiger partial charge is 0.456 e. The molecule has 3 heteroatoms. The van der Waals surface area contributed by atoms with Crippen LogP contribution >= 0.6 is 0 Å². The minimum Gasteiger partial charge on any atom is -0.456 e. The molecule has 1 aliphatic rings. The second-order valence-electron chi connectivity index (χ2n) is 6.60. The molecule has 0 N–H and O–H groups in total. The van der Waals surface area contributed by atoms with E-state index in [9.17, 15) is 4.79 Å². The summed E-state index contributed by atoms with van der Waals surface area (Å²) in [4.78, 5) is 14.4. The van der Waals surface area contributed by atoms with Crippen LogP contribution < -0.4 is 0 Å². The Balaban J connectivity index is 1.92. The van der Waals surface area contributed by atoms with Gasteiger partial charge < -0.3 is 4.74 Å². The first-order valence-electron chi connectivity index (χ1n) is 7.37. The van der Waals surface area contributed by atoms with E-state index in [0.717, 1.165) is 25.1 Å². The third-order valence-electron chi connectivity index (χ3n) is 4.03. The van der Waals surface area contributed by atoms with Crippen LogP contribution in [-0.2, 0) is 11.2 Å². The van der Waals surface area contributed by atoms with Crippen LogP contribution in [0.5, 0.6) is 0 Å². The average Bonchev–Trinajstić information content (AvgIpc) is 2.31. The highest BCUT2D eigenvalue weighted by Gasteiger charge is 2.36. The molecule has 0 bridgehead atoms. The number of likely N-dealkylation sites (tertiary alicyclic amines) is 1. The number of hydrogen-bond donors (Lipinski definition) is 0. The third-order valence-corrected chi connectivity index (χ3v) is 4.03.